The Bertz CT molecular complexity index is 305. The number of carbonyl (C=O) groups excluding carboxylic acids is 1. The van der Waals surface area contributed by atoms with Crippen LogP contribution in [0.5, 0.6) is 0 Å². The molecule has 0 aliphatic carbocycles. The van der Waals surface area contributed by atoms with Crippen molar-refractivity contribution in [2.24, 2.45) is 0 Å². The van der Waals surface area contributed by atoms with Crippen LogP contribution in [0.4, 0.5) is 4.39 Å². The first kappa shape index (κ1) is 14.1. The van der Waals surface area contributed by atoms with Crippen LogP contribution in [0.1, 0.15) is 12.8 Å². The lowest BCUT2D eigenvalue weighted by Crippen LogP contribution is -2.42. The summed E-state index contributed by atoms with van der Waals surface area (Å²) >= 11 is 0. The molecule has 17 heavy (non-hydrogen) atoms. The van der Waals surface area contributed by atoms with Crippen LogP contribution in [0.2, 0.25) is 0 Å². The van der Waals surface area contributed by atoms with Gasteiger partial charge in [-0.3, -0.25) is 4.79 Å². The van der Waals surface area contributed by atoms with Gasteiger partial charge in [0.05, 0.1) is 0 Å². The van der Waals surface area contributed by atoms with Gasteiger partial charge in [0.2, 0.25) is 6.41 Å². The van der Waals surface area contributed by atoms with Crippen molar-refractivity contribution in [1.82, 2.24) is 10.6 Å². The third-order valence-corrected chi connectivity index (χ3v) is 2.86. The van der Waals surface area contributed by atoms with E-state index in [9.17, 15) is 9.18 Å². The molecule has 1 aromatic carbocycles. The molecule has 2 rings (SSSR count). The molecular weight excluding hydrogens is 238 g/mol. The minimum Gasteiger partial charge on any atom is -0.355 e. The van der Waals surface area contributed by atoms with E-state index in [4.69, 9.17) is 0 Å². The minimum atomic E-state index is -0.184. The number of nitrogens with one attached hydrogen (secondary N) is 2. The highest BCUT2D eigenvalue weighted by Gasteiger charge is 2.09. The molecule has 0 spiro atoms. The van der Waals surface area contributed by atoms with Crippen LogP contribution in [-0.2, 0) is 4.79 Å². The molecule has 1 saturated heterocycles. The molecule has 1 fully saturated rings. The van der Waals surface area contributed by atoms with E-state index in [0.717, 1.165) is 31.2 Å². The smallest absolute Gasteiger partial charge is 0.207 e. The van der Waals surface area contributed by atoms with Gasteiger partial charge in [-0.15, -0.1) is 9.24 Å². The molecule has 0 aromatic heterocycles. The predicted molar refractivity (Wildman–Crippen MR) is 70.8 cm³/mol. The summed E-state index contributed by atoms with van der Waals surface area (Å²) in [5.41, 5.74) is 0. The van der Waals surface area contributed by atoms with Crippen molar-refractivity contribution in [3.8, 4) is 0 Å². The second kappa shape index (κ2) is 8.15. The summed E-state index contributed by atoms with van der Waals surface area (Å²) in [6.07, 6.45) is 3.06. The molecule has 1 unspecified atom stereocenters. The van der Waals surface area contributed by atoms with Crippen molar-refractivity contribution in [3.63, 3.8) is 0 Å². The van der Waals surface area contributed by atoms with E-state index in [-0.39, 0.29) is 5.82 Å². The summed E-state index contributed by atoms with van der Waals surface area (Å²) in [5.74, 6) is -0.184. The van der Waals surface area contributed by atoms with Crippen molar-refractivity contribution in [1.29, 1.82) is 0 Å². The average molecular weight is 256 g/mol. The molecule has 2 N–H and O–H groups in total. The van der Waals surface area contributed by atoms with E-state index in [1.165, 1.54) is 18.6 Å². The van der Waals surface area contributed by atoms with Crippen molar-refractivity contribution < 1.29 is 9.18 Å². The first-order valence-corrected chi connectivity index (χ1v) is 6.21. The molecule has 1 aliphatic rings. The van der Waals surface area contributed by atoms with Gasteiger partial charge in [0.1, 0.15) is 5.82 Å². The van der Waals surface area contributed by atoms with Gasteiger partial charge < -0.3 is 10.6 Å². The molecule has 1 amide bonds. The van der Waals surface area contributed by atoms with E-state index in [1.807, 2.05) is 0 Å². The summed E-state index contributed by atoms with van der Waals surface area (Å²) < 4.78 is 12.1. The maximum Gasteiger partial charge on any atom is 0.207 e. The Labute approximate surface area is 103 Å². The Hall–Kier alpha value is -0.990. The second-order valence-corrected chi connectivity index (χ2v) is 4.55. The van der Waals surface area contributed by atoms with Gasteiger partial charge in [0.25, 0.3) is 0 Å². The van der Waals surface area contributed by atoms with Crippen LogP contribution >= 0.6 is 9.24 Å². The first-order valence-electron chi connectivity index (χ1n) is 5.64. The van der Waals surface area contributed by atoms with Gasteiger partial charge in [-0.1, -0.05) is 12.1 Å². The average Bonchev–Trinajstić information content (AvgIpc) is 2.36. The number of hydrogen-bond donors (Lipinski definition) is 2. The summed E-state index contributed by atoms with van der Waals surface area (Å²) in [4.78, 5) is 9.93. The topological polar surface area (TPSA) is 41.1 Å². The Balaban J connectivity index is 0.000000171. The first-order chi connectivity index (χ1) is 8.22. The summed E-state index contributed by atoms with van der Waals surface area (Å²) in [6, 6.07) is 6.65. The molecule has 5 heteroatoms. The van der Waals surface area contributed by atoms with Crippen LogP contribution in [0, 0.1) is 5.82 Å². The summed E-state index contributed by atoms with van der Waals surface area (Å²) in [6.45, 7) is 2.02. The van der Waals surface area contributed by atoms with Gasteiger partial charge in [-0.2, -0.15) is 0 Å². The summed E-state index contributed by atoms with van der Waals surface area (Å²) in [5, 5.41) is 6.95. The quantitative estimate of drug-likeness (QED) is 0.607. The molecule has 1 heterocycles. The number of amides is 1. The maximum atomic E-state index is 12.1. The van der Waals surface area contributed by atoms with Crippen LogP contribution in [0.15, 0.2) is 24.3 Å². The van der Waals surface area contributed by atoms with Crippen molar-refractivity contribution in [2.75, 3.05) is 13.1 Å². The van der Waals surface area contributed by atoms with E-state index >= 15 is 0 Å². The number of carbonyl (C=O) groups is 1. The van der Waals surface area contributed by atoms with E-state index < -0.39 is 0 Å². The number of hydrogen-bond acceptors (Lipinski definition) is 2. The highest BCUT2D eigenvalue weighted by molar-refractivity contribution is 7.27. The second-order valence-electron chi connectivity index (χ2n) is 3.88. The normalized spacial score (nSPS) is 18.8. The Kier molecular flexibility index (Phi) is 6.75. The third kappa shape index (κ3) is 6.35. The van der Waals surface area contributed by atoms with Crippen LogP contribution in [0.3, 0.4) is 0 Å². The highest BCUT2D eigenvalue weighted by atomic mass is 31.0. The zero-order valence-corrected chi connectivity index (χ0v) is 10.8. The Morgan fingerprint density at radius 1 is 1.41 bits per heavy atom. The third-order valence-electron chi connectivity index (χ3n) is 2.47. The number of rotatable bonds is 2. The molecule has 0 radical (unpaired) electrons. The molecular formula is C12H18FN2OP. The van der Waals surface area contributed by atoms with E-state index in [1.54, 1.807) is 12.1 Å². The maximum absolute atomic E-state index is 12.1. The molecule has 1 aromatic rings. The number of halogens is 1. The minimum absolute atomic E-state index is 0.184. The Morgan fingerprint density at radius 3 is 2.59 bits per heavy atom. The molecule has 3 nitrogen and oxygen atoms in total. The van der Waals surface area contributed by atoms with Crippen LogP contribution in [-0.4, -0.2) is 25.5 Å². The van der Waals surface area contributed by atoms with Crippen LogP contribution in [0.25, 0.3) is 0 Å². The van der Waals surface area contributed by atoms with Gasteiger partial charge in [0.15, 0.2) is 0 Å². The fraction of sp³-hybridized carbons (Fsp3) is 0.417. The monoisotopic (exact) mass is 256 g/mol. The molecule has 0 bridgehead atoms. The lowest BCUT2D eigenvalue weighted by atomic mass is 10.1. The zero-order valence-electron chi connectivity index (χ0n) is 9.66. The van der Waals surface area contributed by atoms with E-state index in [2.05, 4.69) is 19.9 Å². The molecule has 0 saturated carbocycles. The SMILES string of the molecule is Fc1ccc(P)cc1.O=CN[C@@H]1CCCNC1. The number of piperidine rings is 1. The van der Waals surface area contributed by atoms with Gasteiger partial charge in [-0.25, -0.2) is 4.39 Å². The van der Waals surface area contributed by atoms with Crippen molar-refractivity contribution >= 4 is 21.0 Å². The predicted octanol–water partition coefficient (Wildman–Crippen LogP) is 0.810. The summed E-state index contributed by atoms with van der Waals surface area (Å²) in [7, 11) is 2.48. The van der Waals surface area contributed by atoms with Crippen molar-refractivity contribution in [2.45, 2.75) is 18.9 Å². The standard InChI is InChI=1S/C6H6FP.C6H12N2O/c7-5-1-3-6(8)4-2-5;9-5-8-6-2-1-3-7-4-6/h1-4H,8H2;5-7H,1-4H2,(H,8,9)/t;6-/m.1/s1. The van der Waals surface area contributed by atoms with Gasteiger partial charge in [-0.05, 0) is 36.8 Å². The highest BCUT2D eigenvalue weighted by Crippen LogP contribution is 1.99. The van der Waals surface area contributed by atoms with Crippen molar-refractivity contribution in [3.05, 3.63) is 30.1 Å². The zero-order chi connectivity index (χ0) is 12.5. The molecule has 1 aliphatic heterocycles. The van der Waals surface area contributed by atoms with E-state index in [0.29, 0.717) is 6.04 Å². The lowest BCUT2D eigenvalue weighted by Gasteiger charge is -2.21. The van der Waals surface area contributed by atoms with Gasteiger partial charge >= 0.3 is 0 Å². The Morgan fingerprint density at radius 2 is 2.12 bits per heavy atom. The van der Waals surface area contributed by atoms with Crippen LogP contribution < -0.4 is 15.9 Å². The molecule has 94 valence electrons. The fourth-order valence-electron chi connectivity index (χ4n) is 1.55. The van der Waals surface area contributed by atoms with Gasteiger partial charge in [0, 0.05) is 12.6 Å². The largest absolute Gasteiger partial charge is 0.355 e. The number of benzene rings is 1. The fourth-order valence-corrected chi connectivity index (χ4v) is 1.75. The lowest BCUT2D eigenvalue weighted by molar-refractivity contribution is -0.110. The molecule has 2 atom stereocenters.